The van der Waals surface area contributed by atoms with Crippen LogP contribution >= 0.6 is 0 Å². The predicted molar refractivity (Wildman–Crippen MR) is 119 cm³/mol. The molecule has 0 N–H and O–H groups in total. The Morgan fingerprint density at radius 2 is 1.94 bits per heavy atom. The molecule has 2 atom stereocenters. The summed E-state index contributed by atoms with van der Waals surface area (Å²) in [5.41, 5.74) is 3.13. The molecule has 0 radical (unpaired) electrons. The number of terminal acetylenes is 1. The first-order chi connectivity index (χ1) is 15.2. The molecule has 6 heteroatoms. The summed E-state index contributed by atoms with van der Waals surface area (Å²) in [6.45, 7) is 1.18. The van der Waals surface area contributed by atoms with Gasteiger partial charge in [0.1, 0.15) is 17.9 Å². The zero-order valence-corrected chi connectivity index (χ0v) is 17.0. The summed E-state index contributed by atoms with van der Waals surface area (Å²) in [4.78, 5) is 16.9. The summed E-state index contributed by atoms with van der Waals surface area (Å²) in [5.74, 6) is 3.14. The lowest BCUT2D eigenvalue weighted by molar-refractivity contribution is -0.126. The van der Waals surface area contributed by atoms with Gasteiger partial charge in [-0.25, -0.2) is 0 Å². The molecule has 0 aromatic heterocycles. The van der Waals surface area contributed by atoms with Crippen molar-refractivity contribution in [3.63, 3.8) is 0 Å². The van der Waals surface area contributed by atoms with Gasteiger partial charge < -0.3 is 4.90 Å². The molecule has 2 aromatic carbocycles. The molecule has 1 spiro atoms. The third-order valence-electron chi connectivity index (χ3n) is 6.46. The van der Waals surface area contributed by atoms with Crippen LogP contribution in [0.3, 0.4) is 0 Å². The number of anilines is 1. The molecule has 3 heterocycles. The number of benzene rings is 2. The number of amidine groups is 1. The fourth-order valence-electron chi connectivity index (χ4n) is 5.19. The van der Waals surface area contributed by atoms with E-state index in [0.29, 0.717) is 37.5 Å². The monoisotopic (exact) mass is 407 g/mol. The van der Waals surface area contributed by atoms with Gasteiger partial charge in [0, 0.05) is 31.6 Å². The van der Waals surface area contributed by atoms with Crippen LogP contribution in [0.1, 0.15) is 30.4 Å². The molecular weight excluding hydrogens is 386 g/mol. The quantitative estimate of drug-likeness (QED) is 0.731. The first-order valence-corrected chi connectivity index (χ1v) is 10.4. The van der Waals surface area contributed by atoms with E-state index in [9.17, 15) is 10.1 Å². The molecule has 0 unspecified atom stereocenters. The van der Waals surface area contributed by atoms with E-state index in [4.69, 9.17) is 6.42 Å². The van der Waals surface area contributed by atoms with Crippen LogP contribution in [0.5, 0.6) is 0 Å². The first-order valence-electron chi connectivity index (χ1n) is 10.4. The molecular formula is C25H21N5O. The number of nitriles is 1. The Kier molecular flexibility index (Phi) is 4.56. The second-order valence-electron chi connectivity index (χ2n) is 8.02. The minimum Gasteiger partial charge on any atom is -0.356 e. The number of para-hydroxylation sites is 1. The molecule has 1 saturated heterocycles. The van der Waals surface area contributed by atoms with Crippen LogP contribution in [0.25, 0.3) is 0 Å². The molecule has 0 bridgehead atoms. The minimum atomic E-state index is -0.565. The number of carbonyl (C=O) groups excluding carboxylic acids is 1. The largest absolute Gasteiger partial charge is 0.356 e. The summed E-state index contributed by atoms with van der Waals surface area (Å²) in [5, 5.41) is 18.6. The molecule has 0 saturated carbocycles. The molecule has 6 nitrogen and oxygen atoms in total. The van der Waals surface area contributed by atoms with E-state index in [1.54, 1.807) is 4.90 Å². The molecule has 1 fully saturated rings. The number of amides is 1. The van der Waals surface area contributed by atoms with Crippen molar-refractivity contribution in [3.8, 4) is 18.4 Å². The maximum Gasteiger partial charge on any atom is 0.228 e. The van der Waals surface area contributed by atoms with Gasteiger partial charge in [-0.1, -0.05) is 48.5 Å². The molecule has 152 valence electrons. The highest BCUT2D eigenvalue weighted by molar-refractivity contribution is 6.18. The van der Waals surface area contributed by atoms with E-state index in [-0.39, 0.29) is 18.4 Å². The normalized spacial score (nSPS) is 23.1. The fourth-order valence-corrected chi connectivity index (χ4v) is 5.19. The van der Waals surface area contributed by atoms with Crippen molar-refractivity contribution in [1.29, 1.82) is 5.26 Å². The zero-order chi connectivity index (χ0) is 21.4. The summed E-state index contributed by atoms with van der Waals surface area (Å²) in [7, 11) is 0. The van der Waals surface area contributed by atoms with E-state index in [2.05, 4.69) is 51.4 Å². The number of hydrogen-bond acceptors (Lipinski definition) is 5. The highest BCUT2D eigenvalue weighted by Gasteiger charge is 2.62. The predicted octanol–water partition coefficient (Wildman–Crippen LogP) is 3.25. The number of nitrogens with zero attached hydrogens (tertiary/aromatic N) is 5. The summed E-state index contributed by atoms with van der Waals surface area (Å²) in [6.07, 6.45) is 6.73. The Labute approximate surface area is 181 Å². The Morgan fingerprint density at radius 1 is 1.16 bits per heavy atom. The molecule has 3 aliphatic heterocycles. The molecule has 3 aliphatic rings. The van der Waals surface area contributed by atoms with Crippen LogP contribution in [0, 0.1) is 23.7 Å². The smallest absolute Gasteiger partial charge is 0.228 e. The van der Waals surface area contributed by atoms with Crippen LogP contribution in [0.2, 0.25) is 0 Å². The number of rotatable bonds is 4. The highest BCUT2D eigenvalue weighted by Crippen LogP contribution is 2.53. The van der Waals surface area contributed by atoms with E-state index >= 15 is 0 Å². The molecule has 31 heavy (non-hydrogen) atoms. The SMILES string of the molecule is C#CCCC(=O)N1CC[C@@]23C1=NN=C(C#N)[C@@H]2N(Cc1ccccc1)c1ccccc13. The van der Waals surface area contributed by atoms with Gasteiger partial charge in [-0.15, -0.1) is 22.5 Å². The summed E-state index contributed by atoms with van der Waals surface area (Å²) in [6, 6.07) is 20.4. The molecule has 2 aromatic rings. The Balaban J connectivity index is 1.63. The second kappa shape index (κ2) is 7.41. The topological polar surface area (TPSA) is 72.1 Å². The average molecular weight is 407 g/mol. The van der Waals surface area contributed by atoms with E-state index < -0.39 is 5.41 Å². The number of fused-ring (bicyclic) bond motifs is 1. The van der Waals surface area contributed by atoms with Crippen molar-refractivity contribution < 1.29 is 4.79 Å². The van der Waals surface area contributed by atoms with Gasteiger partial charge >= 0.3 is 0 Å². The number of carbonyl (C=O) groups is 1. The maximum atomic E-state index is 12.9. The minimum absolute atomic E-state index is 0.0399. The Bertz CT molecular complexity index is 1190. The van der Waals surface area contributed by atoms with Crippen LogP contribution < -0.4 is 4.90 Å². The van der Waals surface area contributed by atoms with Crippen LogP contribution in [0.15, 0.2) is 64.8 Å². The molecule has 1 amide bonds. The van der Waals surface area contributed by atoms with Crippen molar-refractivity contribution in [2.75, 3.05) is 11.4 Å². The number of likely N-dealkylation sites (tertiary alicyclic amines) is 1. The van der Waals surface area contributed by atoms with Gasteiger partial charge in [0.2, 0.25) is 5.91 Å². The van der Waals surface area contributed by atoms with Crippen molar-refractivity contribution in [1.82, 2.24) is 4.90 Å². The Morgan fingerprint density at radius 3 is 2.71 bits per heavy atom. The van der Waals surface area contributed by atoms with Gasteiger partial charge in [0.05, 0.1) is 5.41 Å². The average Bonchev–Trinajstić information content (AvgIpc) is 3.34. The summed E-state index contributed by atoms with van der Waals surface area (Å²) < 4.78 is 0. The van der Waals surface area contributed by atoms with Gasteiger partial charge in [0.25, 0.3) is 0 Å². The first kappa shape index (κ1) is 19.1. The van der Waals surface area contributed by atoms with Crippen LogP contribution in [-0.4, -0.2) is 34.9 Å². The van der Waals surface area contributed by atoms with Gasteiger partial charge in [-0.3, -0.25) is 9.69 Å². The van der Waals surface area contributed by atoms with E-state index in [1.807, 2.05) is 30.3 Å². The van der Waals surface area contributed by atoms with Gasteiger partial charge in [0.15, 0.2) is 5.71 Å². The van der Waals surface area contributed by atoms with Crippen molar-refractivity contribution in [3.05, 3.63) is 65.7 Å². The van der Waals surface area contributed by atoms with E-state index in [1.165, 1.54) is 0 Å². The standard InChI is InChI=1S/C25H21N5O/c1-2-3-13-22(31)29-15-14-25-19-11-7-8-12-21(19)30(17-18-9-5-4-6-10-18)23(25)20(16-26)27-28-24(25)29/h1,4-12,23H,3,13-15,17H2/t23-,25-/m0/s1. The highest BCUT2D eigenvalue weighted by atomic mass is 16.2. The lowest BCUT2D eigenvalue weighted by atomic mass is 9.72. The maximum absolute atomic E-state index is 12.9. The van der Waals surface area contributed by atoms with Crippen molar-refractivity contribution in [2.45, 2.75) is 37.3 Å². The van der Waals surface area contributed by atoms with Gasteiger partial charge in [-0.05, 0) is 23.6 Å². The fraction of sp³-hybridized carbons (Fsp3) is 0.280. The van der Waals surface area contributed by atoms with Crippen LogP contribution in [-0.2, 0) is 16.8 Å². The van der Waals surface area contributed by atoms with Crippen molar-refractivity contribution in [2.24, 2.45) is 10.2 Å². The lowest BCUT2D eigenvalue weighted by Gasteiger charge is -2.37. The third-order valence-corrected chi connectivity index (χ3v) is 6.46. The van der Waals surface area contributed by atoms with E-state index in [0.717, 1.165) is 16.8 Å². The van der Waals surface area contributed by atoms with Crippen molar-refractivity contribution >= 4 is 23.1 Å². The number of hydrogen-bond donors (Lipinski definition) is 0. The zero-order valence-electron chi connectivity index (χ0n) is 17.0. The summed E-state index contributed by atoms with van der Waals surface area (Å²) >= 11 is 0. The molecule has 0 aliphatic carbocycles. The second-order valence-corrected chi connectivity index (χ2v) is 8.02. The third kappa shape index (κ3) is 2.76. The molecule has 5 rings (SSSR count). The van der Waals surface area contributed by atoms with Gasteiger partial charge in [-0.2, -0.15) is 5.26 Å². The Hall–Kier alpha value is -3.90. The van der Waals surface area contributed by atoms with Crippen LogP contribution in [0.4, 0.5) is 5.69 Å². The lowest BCUT2D eigenvalue weighted by Crippen LogP contribution is -2.55.